The number of benzene rings is 9. The molecule has 0 aliphatic carbocycles. The summed E-state index contributed by atoms with van der Waals surface area (Å²) in [5.74, 6) is 0. The van der Waals surface area contributed by atoms with E-state index in [1.54, 1.807) is 18.6 Å². The van der Waals surface area contributed by atoms with Gasteiger partial charge in [-0.05, 0) is 131 Å². The molecule has 12 aromatic heterocycles. The van der Waals surface area contributed by atoms with Crippen molar-refractivity contribution in [2.45, 2.75) is 60.1 Å². The molecule has 126 heavy (non-hydrogen) atoms. The number of aromatic nitrogens is 9. The molecule has 3 radical (unpaired) electrons. The van der Waals surface area contributed by atoms with Crippen molar-refractivity contribution >= 4 is 121 Å². The van der Waals surface area contributed by atoms with Crippen molar-refractivity contribution in [3.05, 3.63) is 419 Å². The number of aryl methyl sites for hydroxylation is 3. The van der Waals surface area contributed by atoms with Crippen molar-refractivity contribution in [2.75, 3.05) is 0 Å². The van der Waals surface area contributed by atoms with E-state index in [1.807, 2.05) is 215 Å². The maximum atomic E-state index is 6.27. The second kappa shape index (κ2) is 41.9. The minimum absolute atomic E-state index is 0. The molecule has 0 bridgehead atoms. The van der Waals surface area contributed by atoms with Crippen LogP contribution in [0.5, 0.6) is 0 Å². The maximum absolute atomic E-state index is 6.27. The molecule has 0 amide bonds. The molecule has 9 aromatic carbocycles. The molecule has 21 aromatic rings. The van der Waals surface area contributed by atoms with Gasteiger partial charge in [-0.1, -0.05) is 264 Å². The molecule has 0 unspecified atom stereocenters. The third-order valence-corrected chi connectivity index (χ3v) is 32.6. The summed E-state index contributed by atoms with van der Waals surface area (Å²) in [5.41, 5.74) is 18.8. The molecular weight excluding hydrogens is 2130 g/mol. The SMILES string of the molecule is C[Si](C)(c1ccccc1)c1ccc(-c2[c-]ncc3c2oc2ccccc23)nc1.Cc1cc2c(oc3c(-c4ccc([Si](C)(C)c5ccccc5)cn4)[c-]ccc32)c(C)n1.Cc1ccc2c(n1)oc1c(-c3ccc([Si](C)(C)c4ccccc4)cn3)[c-]ccc12.[Ir].[Ir].[Ir].[c-]1ccccc1-c1ccccn1.[c-]1ccccc1-c1ccccn1.[c-]1ccccc1-c1ccccn1. The molecule has 0 aliphatic heterocycles. The van der Waals surface area contributed by atoms with E-state index in [4.69, 9.17) is 28.2 Å². The summed E-state index contributed by atoms with van der Waals surface area (Å²) >= 11 is 0. The summed E-state index contributed by atoms with van der Waals surface area (Å²) in [6.07, 6.45) is 16.3. The van der Waals surface area contributed by atoms with Crippen LogP contribution < -0.4 is 31.1 Å². The van der Waals surface area contributed by atoms with Crippen LogP contribution in [0.4, 0.5) is 0 Å². The van der Waals surface area contributed by atoms with Crippen molar-refractivity contribution in [1.82, 2.24) is 44.9 Å². The summed E-state index contributed by atoms with van der Waals surface area (Å²) in [6.45, 7) is 20.1. The van der Waals surface area contributed by atoms with Gasteiger partial charge < -0.3 is 48.1 Å². The first kappa shape index (κ1) is 91.0. The number of nitrogens with zero attached hydrogens (tertiary/aromatic N) is 9. The Bertz CT molecular complexity index is 6790. The van der Waals surface area contributed by atoms with Crippen LogP contribution >= 0.6 is 0 Å². The van der Waals surface area contributed by atoms with Crippen molar-refractivity contribution < 1.29 is 73.6 Å². The fraction of sp³-hybridized carbons (Fsp3) is 0.0833. The molecule has 0 fully saturated rings. The zero-order valence-electron chi connectivity index (χ0n) is 70.9. The number of para-hydroxylation sites is 1. The zero-order chi connectivity index (χ0) is 84.7. The van der Waals surface area contributed by atoms with Crippen LogP contribution in [0.3, 0.4) is 0 Å². The van der Waals surface area contributed by atoms with Gasteiger partial charge in [-0.3, -0.25) is 4.98 Å². The van der Waals surface area contributed by atoms with Gasteiger partial charge in [0.1, 0.15) is 35.4 Å². The summed E-state index contributed by atoms with van der Waals surface area (Å²) in [4.78, 5) is 40.4. The van der Waals surface area contributed by atoms with Crippen LogP contribution in [0.15, 0.2) is 378 Å². The van der Waals surface area contributed by atoms with Crippen molar-refractivity contribution in [3.63, 3.8) is 0 Å². The Hall–Kier alpha value is -12.7. The minimum atomic E-state index is -1.78. The fourth-order valence-electron chi connectivity index (χ4n) is 14.9. The van der Waals surface area contributed by atoms with E-state index in [9.17, 15) is 0 Å². The number of hydrogen-bond acceptors (Lipinski definition) is 12. The molecule has 0 spiro atoms. The average Bonchev–Trinajstić information content (AvgIpc) is 1.60. The summed E-state index contributed by atoms with van der Waals surface area (Å²) in [6, 6.07) is 124. The molecule has 12 heterocycles. The Labute approximate surface area is 779 Å². The summed E-state index contributed by atoms with van der Waals surface area (Å²) in [7, 11) is -5.32. The molecule has 12 nitrogen and oxygen atoms in total. The first-order valence-corrected chi connectivity index (χ1v) is 49.8. The van der Waals surface area contributed by atoms with Crippen molar-refractivity contribution in [1.29, 1.82) is 0 Å². The number of fused-ring (bicyclic) bond motifs is 9. The largest absolute Gasteiger partial charge is 0.500 e. The maximum Gasteiger partial charge on any atom is 0.216 e. The van der Waals surface area contributed by atoms with Crippen LogP contribution in [-0.2, 0) is 60.3 Å². The van der Waals surface area contributed by atoms with Gasteiger partial charge in [0.05, 0.1) is 22.4 Å². The normalized spacial score (nSPS) is 11.0. The van der Waals surface area contributed by atoms with Gasteiger partial charge in [0.25, 0.3) is 0 Å². The van der Waals surface area contributed by atoms with E-state index in [2.05, 4.69) is 257 Å². The molecule has 0 saturated carbocycles. The van der Waals surface area contributed by atoms with Gasteiger partial charge >= 0.3 is 0 Å². The minimum Gasteiger partial charge on any atom is -0.500 e. The van der Waals surface area contributed by atoms with Crippen LogP contribution in [0.1, 0.15) is 17.1 Å². The Morgan fingerprint density at radius 1 is 0.262 bits per heavy atom. The molecule has 0 N–H and O–H groups in total. The number of furan rings is 3. The molecule has 0 aliphatic rings. The Morgan fingerprint density at radius 2 is 0.667 bits per heavy atom. The fourth-order valence-corrected chi connectivity index (χ4v) is 21.7. The second-order valence-electron chi connectivity index (χ2n) is 31.3. The van der Waals surface area contributed by atoms with Crippen LogP contribution in [-0.4, -0.2) is 69.1 Å². The van der Waals surface area contributed by atoms with Crippen LogP contribution in [0, 0.1) is 57.3 Å². The van der Waals surface area contributed by atoms with Gasteiger partial charge in [0.15, 0.2) is 0 Å². The summed E-state index contributed by atoms with van der Waals surface area (Å²) < 4.78 is 18.5. The smallest absolute Gasteiger partial charge is 0.216 e. The van der Waals surface area contributed by atoms with Crippen LogP contribution in [0.25, 0.3) is 133 Å². The first-order chi connectivity index (χ1) is 60.0. The van der Waals surface area contributed by atoms with E-state index in [-0.39, 0.29) is 60.3 Å². The van der Waals surface area contributed by atoms with E-state index in [0.29, 0.717) is 5.71 Å². The monoisotopic (exact) mass is 2220 g/mol. The quantitative estimate of drug-likeness (QED) is 0.0844. The predicted octanol–water partition coefficient (Wildman–Crippen LogP) is 22.6. The van der Waals surface area contributed by atoms with E-state index in [0.717, 1.165) is 145 Å². The Balaban J connectivity index is 0.000000134. The van der Waals surface area contributed by atoms with Gasteiger partial charge in [0.2, 0.25) is 5.71 Å². The third kappa shape index (κ3) is 20.8. The van der Waals surface area contributed by atoms with E-state index < -0.39 is 24.2 Å². The summed E-state index contributed by atoms with van der Waals surface area (Å²) in [5, 5.41) is 14.4. The number of pyridine rings is 9. The molecular formula is C108H87Ir3N9O3Si3-6. The first-order valence-electron chi connectivity index (χ1n) is 40.8. The van der Waals surface area contributed by atoms with Gasteiger partial charge in [-0.2, -0.15) is 0 Å². The average molecular weight is 2220 g/mol. The third-order valence-electron chi connectivity index (χ3n) is 22.0. The molecule has 627 valence electrons. The molecule has 0 saturated heterocycles. The topological polar surface area (TPSA) is 155 Å². The number of hydrogen-bond donors (Lipinski definition) is 0. The van der Waals surface area contributed by atoms with E-state index >= 15 is 0 Å². The Morgan fingerprint density at radius 3 is 1.09 bits per heavy atom. The number of rotatable bonds is 12. The molecule has 21 rings (SSSR count). The molecule has 18 heteroatoms. The van der Waals surface area contributed by atoms with Gasteiger partial charge in [-0.15, -0.1) is 144 Å². The van der Waals surface area contributed by atoms with Gasteiger partial charge in [-0.25, -0.2) is 4.98 Å². The Kier molecular flexibility index (Phi) is 30.3. The standard InChI is InChI=1S/C26H23N2OSi.C25H21N2OSi.C24H19N2OSi.3C11H8N.3Ir/c1-17-15-23-21-11-8-12-22(26(21)29-25(23)18(2)28-17)24-14-13-20(16-27-24)30(3,4)19-9-6-5-7-10-19;1-17-12-14-21-20-10-7-11-22(24(20)28-25(21)27-17)23-15-13-19(16-26-23)29(2,3)18-8-5-4-6-9-18;1-28(2,17-8-4-3-5-9-17)18-12-13-22(26-14-18)21-16-25-15-20-19-10-6-7-11-23(19)27-24(20)21;3*1-2-6-10(7-3-1)11-8-4-5-9-12-11;;;/h5-11,13-16H,1-4H3;4-10,12-16H,1-3H3;3-15H,1-2H3;3*1-6,8-9H;;;/q6*-1;;;. The van der Waals surface area contributed by atoms with Crippen LogP contribution in [0.2, 0.25) is 39.3 Å². The molecule has 0 atom stereocenters. The second-order valence-corrected chi connectivity index (χ2v) is 44.5. The van der Waals surface area contributed by atoms with Gasteiger partial charge in [0, 0.05) is 125 Å². The van der Waals surface area contributed by atoms with Crippen molar-refractivity contribution in [3.8, 4) is 67.5 Å². The predicted molar refractivity (Wildman–Crippen MR) is 510 cm³/mol. The zero-order valence-corrected chi connectivity index (χ0v) is 81.1. The van der Waals surface area contributed by atoms with E-state index in [1.165, 1.54) is 31.1 Å². The van der Waals surface area contributed by atoms with Crippen molar-refractivity contribution in [2.24, 2.45) is 0 Å².